The number of aromatic nitrogens is 1. The molecule has 0 radical (unpaired) electrons. The summed E-state index contributed by atoms with van der Waals surface area (Å²) < 4.78 is 13.8. The Bertz CT molecular complexity index is 944. The summed E-state index contributed by atoms with van der Waals surface area (Å²) in [5, 5.41) is 7.51. The molecule has 0 saturated carbocycles. The van der Waals surface area contributed by atoms with Crippen LogP contribution in [0.3, 0.4) is 0 Å². The van der Waals surface area contributed by atoms with Gasteiger partial charge in [-0.15, -0.1) is 11.3 Å². The number of amides is 2. The molecular weight excluding hydrogens is 421 g/mol. The van der Waals surface area contributed by atoms with E-state index in [1.54, 1.807) is 17.5 Å². The summed E-state index contributed by atoms with van der Waals surface area (Å²) in [5.41, 5.74) is 1.57. The van der Waals surface area contributed by atoms with Gasteiger partial charge in [-0.3, -0.25) is 14.9 Å². The maximum atomic E-state index is 12.9. The molecule has 0 atom stereocenters. The molecule has 0 aliphatic rings. The fourth-order valence-corrected chi connectivity index (χ4v) is 3.26. The van der Waals surface area contributed by atoms with Crippen molar-refractivity contribution in [2.24, 2.45) is 0 Å². The maximum Gasteiger partial charge on any atom is 0.257 e. The van der Waals surface area contributed by atoms with Gasteiger partial charge in [0.15, 0.2) is 5.13 Å². The Hall–Kier alpha value is -2.58. The number of nitrogens with one attached hydrogen (secondary N) is 2. The Morgan fingerprint density at radius 2 is 1.88 bits per heavy atom. The van der Waals surface area contributed by atoms with Crippen molar-refractivity contribution in [2.45, 2.75) is 6.42 Å². The highest BCUT2D eigenvalue weighted by Gasteiger charge is 2.11. The van der Waals surface area contributed by atoms with Crippen LogP contribution in [-0.4, -0.2) is 16.8 Å². The van der Waals surface area contributed by atoms with E-state index in [1.165, 1.54) is 35.6 Å². The van der Waals surface area contributed by atoms with Gasteiger partial charge >= 0.3 is 0 Å². The van der Waals surface area contributed by atoms with Crippen molar-refractivity contribution in [3.63, 3.8) is 0 Å². The Kier molecular flexibility index (Phi) is 5.75. The summed E-state index contributed by atoms with van der Waals surface area (Å²) in [6, 6.07) is 12.5. The van der Waals surface area contributed by atoms with Crippen LogP contribution in [0.1, 0.15) is 16.1 Å². The first-order chi connectivity index (χ1) is 12.5. The van der Waals surface area contributed by atoms with Gasteiger partial charge in [-0.25, -0.2) is 9.37 Å². The highest BCUT2D eigenvalue weighted by atomic mass is 79.9. The zero-order chi connectivity index (χ0) is 18.5. The topological polar surface area (TPSA) is 71.1 Å². The molecule has 1 heterocycles. The molecule has 0 unspecified atom stereocenters. The minimum absolute atomic E-state index is 0.0927. The van der Waals surface area contributed by atoms with E-state index in [0.29, 0.717) is 22.1 Å². The highest BCUT2D eigenvalue weighted by Crippen LogP contribution is 2.19. The lowest BCUT2D eigenvalue weighted by atomic mass is 10.2. The van der Waals surface area contributed by atoms with Crippen molar-refractivity contribution in [1.29, 1.82) is 0 Å². The smallest absolute Gasteiger partial charge is 0.257 e. The molecule has 0 spiro atoms. The highest BCUT2D eigenvalue weighted by molar-refractivity contribution is 9.10. The van der Waals surface area contributed by atoms with Crippen LogP contribution in [0.15, 0.2) is 58.4 Å². The molecule has 26 heavy (non-hydrogen) atoms. The molecule has 2 N–H and O–H groups in total. The molecule has 1 aromatic heterocycles. The van der Waals surface area contributed by atoms with Gasteiger partial charge in [-0.1, -0.05) is 22.0 Å². The Morgan fingerprint density at radius 1 is 1.12 bits per heavy atom. The molecule has 0 aliphatic heterocycles. The van der Waals surface area contributed by atoms with Crippen molar-refractivity contribution in [1.82, 2.24) is 4.98 Å². The minimum atomic E-state index is -0.408. The molecule has 3 rings (SSSR count). The lowest BCUT2D eigenvalue weighted by Gasteiger charge is -2.04. The zero-order valence-corrected chi connectivity index (χ0v) is 15.7. The van der Waals surface area contributed by atoms with Gasteiger partial charge in [-0.2, -0.15) is 0 Å². The predicted molar refractivity (Wildman–Crippen MR) is 103 cm³/mol. The van der Waals surface area contributed by atoms with Crippen molar-refractivity contribution in [2.75, 3.05) is 10.6 Å². The van der Waals surface area contributed by atoms with E-state index in [2.05, 4.69) is 31.5 Å². The molecule has 2 amide bonds. The second-order valence-electron chi connectivity index (χ2n) is 5.34. The number of hydrogen-bond donors (Lipinski definition) is 2. The van der Waals surface area contributed by atoms with Gasteiger partial charge in [0.1, 0.15) is 5.82 Å². The van der Waals surface area contributed by atoms with Crippen molar-refractivity contribution in [3.8, 4) is 0 Å². The van der Waals surface area contributed by atoms with Crippen LogP contribution in [0.25, 0.3) is 0 Å². The number of rotatable bonds is 5. The number of hydrogen-bond acceptors (Lipinski definition) is 4. The quantitative estimate of drug-likeness (QED) is 0.622. The molecule has 0 fully saturated rings. The van der Waals surface area contributed by atoms with E-state index >= 15 is 0 Å². The van der Waals surface area contributed by atoms with Crippen LogP contribution in [0.2, 0.25) is 0 Å². The Balaban J connectivity index is 1.58. The lowest BCUT2D eigenvalue weighted by molar-refractivity contribution is -0.115. The van der Waals surface area contributed by atoms with E-state index < -0.39 is 5.82 Å². The van der Waals surface area contributed by atoms with Gasteiger partial charge in [-0.05, 0) is 42.5 Å². The molecule has 132 valence electrons. The van der Waals surface area contributed by atoms with Gasteiger partial charge in [0.05, 0.1) is 12.1 Å². The van der Waals surface area contributed by atoms with E-state index in [4.69, 9.17) is 0 Å². The standard InChI is InChI=1S/C18H13BrFN3O2S/c19-12-2-1-3-14(8-12)21-16(24)9-15-10-26-18(22-15)23-17(25)11-4-6-13(20)7-5-11/h1-8,10H,9H2,(H,21,24)(H,22,23,25). The minimum Gasteiger partial charge on any atom is -0.326 e. The van der Waals surface area contributed by atoms with Crippen LogP contribution in [0.5, 0.6) is 0 Å². The lowest BCUT2D eigenvalue weighted by Crippen LogP contribution is -2.15. The zero-order valence-electron chi connectivity index (χ0n) is 13.3. The molecule has 5 nitrogen and oxygen atoms in total. The summed E-state index contributed by atoms with van der Waals surface area (Å²) in [5.74, 6) is -0.996. The van der Waals surface area contributed by atoms with Crippen molar-refractivity contribution < 1.29 is 14.0 Å². The van der Waals surface area contributed by atoms with Crippen LogP contribution in [-0.2, 0) is 11.2 Å². The summed E-state index contributed by atoms with van der Waals surface area (Å²) in [6.07, 6.45) is 0.0927. The normalized spacial score (nSPS) is 10.4. The number of halogens is 2. The van der Waals surface area contributed by atoms with Crippen LogP contribution in [0, 0.1) is 5.82 Å². The van der Waals surface area contributed by atoms with Gasteiger partial charge < -0.3 is 5.32 Å². The van der Waals surface area contributed by atoms with E-state index in [-0.39, 0.29) is 18.2 Å². The number of anilines is 2. The fourth-order valence-electron chi connectivity index (χ4n) is 2.15. The number of carbonyl (C=O) groups is 2. The van der Waals surface area contributed by atoms with Crippen molar-refractivity contribution >= 4 is 49.9 Å². The number of carbonyl (C=O) groups excluding carboxylic acids is 2. The SMILES string of the molecule is O=C(Cc1csc(NC(=O)c2ccc(F)cc2)n1)Nc1cccc(Br)c1. The van der Waals surface area contributed by atoms with E-state index in [1.807, 2.05) is 12.1 Å². The number of benzene rings is 2. The predicted octanol–water partition coefficient (Wildman–Crippen LogP) is 4.48. The van der Waals surface area contributed by atoms with Crippen LogP contribution < -0.4 is 10.6 Å². The second kappa shape index (κ2) is 8.20. The van der Waals surface area contributed by atoms with Gasteiger partial charge in [0.2, 0.25) is 5.91 Å². The van der Waals surface area contributed by atoms with E-state index in [9.17, 15) is 14.0 Å². The first-order valence-corrected chi connectivity index (χ1v) is 9.23. The van der Waals surface area contributed by atoms with Crippen molar-refractivity contribution in [3.05, 3.63) is 75.5 Å². The molecule has 0 bridgehead atoms. The Labute approximate surface area is 161 Å². The maximum absolute atomic E-state index is 12.9. The molecule has 0 saturated heterocycles. The Morgan fingerprint density at radius 3 is 2.62 bits per heavy atom. The second-order valence-corrected chi connectivity index (χ2v) is 7.11. The third kappa shape index (κ3) is 4.96. The van der Waals surface area contributed by atoms with Crippen LogP contribution in [0.4, 0.5) is 15.2 Å². The average molecular weight is 434 g/mol. The van der Waals surface area contributed by atoms with Crippen LogP contribution >= 0.6 is 27.3 Å². The molecule has 0 aliphatic carbocycles. The monoisotopic (exact) mass is 433 g/mol. The summed E-state index contributed by atoms with van der Waals surface area (Å²) in [6.45, 7) is 0. The average Bonchev–Trinajstić information content (AvgIpc) is 3.02. The molecule has 3 aromatic rings. The largest absolute Gasteiger partial charge is 0.326 e. The fraction of sp³-hybridized carbons (Fsp3) is 0.0556. The molecule has 8 heteroatoms. The summed E-state index contributed by atoms with van der Waals surface area (Å²) in [4.78, 5) is 28.4. The first-order valence-electron chi connectivity index (χ1n) is 7.56. The third-order valence-electron chi connectivity index (χ3n) is 3.33. The van der Waals surface area contributed by atoms with E-state index in [0.717, 1.165) is 4.47 Å². The summed E-state index contributed by atoms with van der Waals surface area (Å²) in [7, 11) is 0. The number of nitrogens with zero attached hydrogens (tertiary/aromatic N) is 1. The first kappa shape index (κ1) is 18.2. The molecular formula is C18H13BrFN3O2S. The van der Waals surface area contributed by atoms with Gasteiger partial charge in [0, 0.05) is 21.1 Å². The number of thiazole rings is 1. The third-order valence-corrected chi connectivity index (χ3v) is 4.63. The molecule has 2 aromatic carbocycles. The van der Waals surface area contributed by atoms with Gasteiger partial charge in [0.25, 0.3) is 5.91 Å². The summed E-state index contributed by atoms with van der Waals surface area (Å²) >= 11 is 4.57.